The van der Waals surface area contributed by atoms with Gasteiger partial charge in [0, 0.05) is 25.7 Å². The molecule has 6 heteroatoms. The zero-order chi connectivity index (χ0) is 11.4. The van der Waals surface area contributed by atoms with Gasteiger partial charge in [0.1, 0.15) is 0 Å². The molecule has 0 spiro atoms. The van der Waals surface area contributed by atoms with E-state index in [1.165, 1.54) is 13.6 Å². The SMILES string of the molecule is CC(=O)NC(=O)C(C)CCP(C)(=O)O. The first-order chi connectivity index (χ1) is 6.22. The minimum atomic E-state index is -3.06. The number of nitrogens with one attached hydrogen (secondary N) is 1. The third kappa shape index (κ3) is 6.80. The maximum Gasteiger partial charge on any atom is 0.229 e. The molecular weight excluding hydrogens is 205 g/mol. The Bertz CT molecular complexity index is 271. The molecule has 82 valence electrons. The van der Waals surface area contributed by atoms with Gasteiger partial charge in [0.05, 0.1) is 0 Å². The van der Waals surface area contributed by atoms with Gasteiger partial charge in [0.15, 0.2) is 7.37 Å². The van der Waals surface area contributed by atoms with Crippen molar-refractivity contribution in [2.75, 3.05) is 12.8 Å². The molecule has 0 aromatic heterocycles. The molecule has 0 aliphatic carbocycles. The van der Waals surface area contributed by atoms with Crippen molar-refractivity contribution in [3.05, 3.63) is 0 Å². The monoisotopic (exact) mass is 221 g/mol. The molecule has 0 aliphatic rings. The lowest BCUT2D eigenvalue weighted by molar-refractivity contribution is -0.131. The van der Waals surface area contributed by atoms with Crippen LogP contribution in [0, 0.1) is 5.92 Å². The van der Waals surface area contributed by atoms with Crippen LogP contribution in [0.4, 0.5) is 0 Å². The Balaban J connectivity index is 3.97. The van der Waals surface area contributed by atoms with Crippen molar-refractivity contribution in [3.8, 4) is 0 Å². The lowest BCUT2D eigenvalue weighted by atomic mass is 10.1. The largest absolute Gasteiger partial charge is 0.344 e. The zero-order valence-corrected chi connectivity index (χ0v) is 9.51. The van der Waals surface area contributed by atoms with Crippen LogP contribution in [0.3, 0.4) is 0 Å². The quantitative estimate of drug-likeness (QED) is 0.680. The number of hydrogen-bond acceptors (Lipinski definition) is 3. The Morgan fingerprint density at radius 3 is 2.36 bits per heavy atom. The van der Waals surface area contributed by atoms with Crippen LogP contribution in [-0.2, 0) is 14.2 Å². The van der Waals surface area contributed by atoms with Crippen LogP contribution in [0.15, 0.2) is 0 Å². The summed E-state index contributed by atoms with van der Waals surface area (Å²) in [5.74, 6) is -1.23. The first-order valence-corrected chi connectivity index (χ1v) is 6.62. The predicted molar refractivity (Wildman–Crippen MR) is 53.2 cm³/mol. The molecule has 0 aliphatic heterocycles. The van der Waals surface area contributed by atoms with Gasteiger partial charge in [-0.3, -0.25) is 19.5 Å². The van der Waals surface area contributed by atoms with Crippen LogP contribution in [-0.4, -0.2) is 29.5 Å². The molecule has 5 nitrogen and oxygen atoms in total. The second kappa shape index (κ2) is 5.27. The lowest BCUT2D eigenvalue weighted by Crippen LogP contribution is -2.33. The molecule has 2 unspecified atom stereocenters. The molecule has 14 heavy (non-hydrogen) atoms. The number of imide groups is 1. The number of hydrogen-bond donors (Lipinski definition) is 2. The highest BCUT2D eigenvalue weighted by molar-refractivity contribution is 7.57. The summed E-state index contributed by atoms with van der Waals surface area (Å²) in [6.07, 6.45) is 0.406. The minimum Gasteiger partial charge on any atom is -0.344 e. The van der Waals surface area contributed by atoms with E-state index < -0.39 is 25.1 Å². The van der Waals surface area contributed by atoms with E-state index in [0.29, 0.717) is 6.42 Å². The van der Waals surface area contributed by atoms with Crippen molar-refractivity contribution in [3.63, 3.8) is 0 Å². The third-order valence-electron chi connectivity index (χ3n) is 1.72. The van der Waals surface area contributed by atoms with Gasteiger partial charge >= 0.3 is 0 Å². The van der Waals surface area contributed by atoms with Gasteiger partial charge in [0.25, 0.3) is 0 Å². The second-order valence-electron chi connectivity index (χ2n) is 3.51. The van der Waals surface area contributed by atoms with Crippen LogP contribution >= 0.6 is 7.37 Å². The molecule has 2 amide bonds. The Labute approximate surface area is 83.3 Å². The summed E-state index contributed by atoms with van der Waals surface area (Å²) in [5.41, 5.74) is 0. The molecule has 0 rings (SSSR count). The van der Waals surface area contributed by atoms with E-state index >= 15 is 0 Å². The number of carbonyl (C=O) groups is 2. The summed E-state index contributed by atoms with van der Waals surface area (Å²) < 4.78 is 10.9. The van der Waals surface area contributed by atoms with E-state index in [4.69, 9.17) is 4.89 Å². The van der Waals surface area contributed by atoms with E-state index in [9.17, 15) is 14.2 Å². The van der Waals surface area contributed by atoms with Gasteiger partial charge in [-0.2, -0.15) is 0 Å². The molecule has 0 saturated carbocycles. The van der Waals surface area contributed by atoms with Gasteiger partial charge in [-0.15, -0.1) is 0 Å². The van der Waals surface area contributed by atoms with Crippen LogP contribution in [0.25, 0.3) is 0 Å². The first kappa shape index (κ1) is 13.3. The van der Waals surface area contributed by atoms with Crippen molar-refractivity contribution in [1.29, 1.82) is 0 Å². The van der Waals surface area contributed by atoms with E-state index in [2.05, 4.69) is 5.32 Å². The van der Waals surface area contributed by atoms with Crippen LogP contribution in [0.5, 0.6) is 0 Å². The molecule has 2 atom stereocenters. The lowest BCUT2D eigenvalue weighted by Gasteiger charge is -2.11. The molecular formula is C8H16NO4P. The van der Waals surface area contributed by atoms with Gasteiger partial charge in [0.2, 0.25) is 11.8 Å². The summed E-state index contributed by atoms with van der Waals surface area (Å²) in [7, 11) is -3.06. The Hall–Kier alpha value is -0.670. The topological polar surface area (TPSA) is 83.5 Å². The maximum absolute atomic E-state index is 11.2. The number of rotatable bonds is 4. The standard InChI is InChI=1S/C8H16NO4P/c1-6(4-5-14(3,12)13)8(11)9-7(2)10/h6H,4-5H2,1-3H3,(H,12,13)(H,9,10,11). The molecule has 0 radical (unpaired) electrons. The number of carbonyl (C=O) groups excluding carboxylic acids is 2. The Kier molecular flexibility index (Phi) is 5.02. The van der Waals surface area contributed by atoms with Crippen LogP contribution in [0.2, 0.25) is 0 Å². The highest BCUT2D eigenvalue weighted by Gasteiger charge is 2.18. The summed E-state index contributed by atoms with van der Waals surface area (Å²) in [4.78, 5) is 30.7. The summed E-state index contributed by atoms with van der Waals surface area (Å²) in [5, 5.41) is 2.13. The zero-order valence-electron chi connectivity index (χ0n) is 8.61. The molecule has 0 aromatic rings. The average Bonchev–Trinajstić information content (AvgIpc) is 1.97. The van der Waals surface area contributed by atoms with Crippen LogP contribution < -0.4 is 5.32 Å². The molecule has 0 fully saturated rings. The van der Waals surface area contributed by atoms with Crippen molar-refractivity contribution in [2.24, 2.45) is 5.92 Å². The van der Waals surface area contributed by atoms with Crippen molar-refractivity contribution < 1.29 is 19.0 Å². The molecule has 0 saturated heterocycles. The summed E-state index contributed by atoms with van der Waals surface area (Å²) in [6.45, 7) is 4.12. The normalized spacial score (nSPS) is 16.9. The summed E-state index contributed by atoms with van der Waals surface area (Å²) >= 11 is 0. The molecule has 0 heterocycles. The van der Waals surface area contributed by atoms with E-state index in [-0.39, 0.29) is 6.16 Å². The van der Waals surface area contributed by atoms with Crippen molar-refractivity contribution in [2.45, 2.75) is 20.3 Å². The fourth-order valence-electron chi connectivity index (χ4n) is 0.861. The third-order valence-corrected chi connectivity index (χ3v) is 2.81. The van der Waals surface area contributed by atoms with Crippen molar-refractivity contribution >= 4 is 19.2 Å². The fraction of sp³-hybridized carbons (Fsp3) is 0.750. The van der Waals surface area contributed by atoms with Crippen molar-refractivity contribution in [1.82, 2.24) is 5.32 Å². The van der Waals surface area contributed by atoms with E-state index in [1.807, 2.05) is 0 Å². The Morgan fingerprint density at radius 1 is 1.50 bits per heavy atom. The predicted octanol–water partition coefficient (Wildman–Crippen LogP) is 0.575. The van der Waals surface area contributed by atoms with Gasteiger partial charge < -0.3 is 4.89 Å². The van der Waals surface area contributed by atoms with E-state index in [0.717, 1.165) is 0 Å². The van der Waals surface area contributed by atoms with Gasteiger partial charge in [-0.05, 0) is 6.42 Å². The highest BCUT2D eigenvalue weighted by atomic mass is 31.2. The minimum absolute atomic E-state index is 0.0967. The number of amides is 2. The Morgan fingerprint density at radius 2 is 2.00 bits per heavy atom. The fourth-order valence-corrected chi connectivity index (χ4v) is 1.73. The molecule has 2 N–H and O–H groups in total. The summed E-state index contributed by atoms with van der Waals surface area (Å²) in [6, 6.07) is 0. The van der Waals surface area contributed by atoms with Gasteiger partial charge in [-0.1, -0.05) is 6.92 Å². The molecule has 0 aromatic carbocycles. The van der Waals surface area contributed by atoms with E-state index in [1.54, 1.807) is 6.92 Å². The molecule has 0 bridgehead atoms. The second-order valence-corrected chi connectivity index (χ2v) is 6.06. The average molecular weight is 221 g/mol. The first-order valence-electron chi connectivity index (χ1n) is 4.33. The maximum atomic E-state index is 11.2. The van der Waals surface area contributed by atoms with Gasteiger partial charge in [-0.25, -0.2) is 0 Å². The smallest absolute Gasteiger partial charge is 0.229 e. The highest BCUT2D eigenvalue weighted by Crippen LogP contribution is 2.36. The van der Waals surface area contributed by atoms with Crippen LogP contribution in [0.1, 0.15) is 20.3 Å².